The quantitative estimate of drug-likeness (QED) is 0.672. The minimum absolute atomic E-state index is 0.178. The van der Waals surface area contributed by atoms with Crippen molar-refractivity contribution in [3.05, 3.63) is 46.4 Å². The first-order valence-electron chi connectivity index (χ1n) is 10.8. The molecule has 1 amide bonds. The van der Waals surface area contributed by atoms with Crippen LogP contribution in [0.1, 0.15) is 42.6 Å². The van der Waals surface area contributed by atoms with Crippen molar-refractivity contribution in [1.29, 1.82) is 0 Å². The van der Waals surface area contributed by atoms with Crippen LogP contribution in [-0.4, -0.2) is 63.8 Å². The van der Waals surface area contributed by atoms with E-state index in [1.807, 2.05) is 18.2 Å². The van der Waals surface area contributed by atoms with Gasteiger partial charge in [-0.1, -0.05) is 25.0 Å². The molecule has 0 bridgehead atoms. The van der Waals surface area contributed by atoms with E-state index >= 15 is 0 Å². The van der Waals surface area contributed by atoms with Crippen molar-refractivity contribution in [3.8, 4) is 0 Å². The highest BCUT2D eigenvalue weighted by atomic mass is 16.5. The Labute approximate surface area is 174 Å². The number of rotatable bonds is 5. The molecule has 30 heavy (non-hydrogen) atoms. The van der Waals surface area contributed by atoms with Gasteiger partial charge in [0.1, 0.15) is 5.65 Å². The van der Waals surface area contributed by atoms with Gasteiger partial charge in [-0.05, 0) is 31.4 Å². The van der Waals surface area contributed by atoms with E-state index in [9.17, 15) is 9.59 Å². The van der Waals surface area contributed by atoms with Crippen LogP contribution in [0, 0.1) is 0 Å². The van der Waals surface area contributed by atoms with Gasteiger partial charge in [0.05, 0.1) is 24.1 Å². The standard InChI is InChI=1S/C22H27N5O3/c28-20-16-5-1-2-6-18(16)27-19(24-20)15-17(25-27)21(29)23-10-9-22(7-3-4-8-22)26-11-13-30-14-12-26/h1-2,5-6,15H,3-4,7-14H2,(H,23,29)(H,24,28). The topological polar surface area (TPSA) is 91.7 Å². The summed E-state index contributed by atoms with van der Waals surface area (Å²) in [5.41, 5.74) is 1.52. The van der Waals surface area contributed by atoms with E-state index in [0.717, 1.165) is 32.7 Å². The van der Waals surface area contributed by atoms with Crippen LogP contribution < -0.4 is 10.9 Å². The van der Waals surface area contributed by atoms with E-state index in [2.05, 4.69) is 20.3 Å². The Bertz CT molecular complexity index is 1120. The van der Waals surface area contributed by atoms with Gasteiger partial charge >= 0.3 is 0 Å². The molecule has 0 radical (unpaired) electrons. The van der Waals surface area contributed by atoms with Gasteiger partial charge in [-0.25, -0.2) is 4.52 Å². The number of nitrogens with one attached hydrogen (secondary N) is 2. The third kappa shape index (κ3) is 3.40. The average Bonchev–Trinajstić information content (AvgIpc) is 3.43. The van der Waals surface area contributed by atoms with Crippen LogP contribution in [0.4, 0.5) is 0 Å². The number of para-hydroxylation sites is 1. The number of ether oxygens (including phenoxy) is 1. The maximum Gasteiger partial charge on any atom is 0.271 e. The molecule has 5 rings (SSSR count). The number of benzene rings is 1. The summed E-state index contributed by atoms with van der Waals surface area (Å²) in [6, 6.07) is 8.89. The van der Waals surface area contributed by atoms with Gasteiger partial charge in [0.15, 0.2) is 5.69 Å². The molecule has 1 saturated carbocycles. The molecule has 158 valence electrons. The third-order valence-electron chi connectivity index (χ3n) is 6.65. The monoisotopic (exact) mass is 409 g/mol. The normalized spacial score (nSPS) is 19.5. The molecule has 0 atom stereocenters. The van der Waals surface area contributed by atoms with Crippen molar-refractivity contribution in [2.75, 3.05) is 32.8 Å². The molecule has 0 unspecified atom stereocenters. The summed E-state index contributed by atoms with van der Waals surface area (Å²) in [7, 11) is 0. The van der Waals surface area contributed by atoms with Crippen molar-refractivity contribution in [2.24, 2.45) is 0 Å². The van der Waals surface area contributed by atoms with Crippen molar-refractivity contribution in [1.82, 2.24) is 24.8 Å². The van der Waals surface area contributed by atoms with E-state index in [0.29, 0.717) is 28.8 Å². The lowest BCUT2D eigenvalue weighted by atomic mass is 9.90. The third-order valence-corrected chi connectivity index (χ3v) is 6.65. The largest absolute Gasteiger partial charge is 0.379 e. The molecular formula is C22H27N5O3. The van der Waals surface area contributed by atoms with Crippen molar-refractivity contribution in [3.63, 3.8) is 0 Å². The van der Waals surface area contributed by atoms with Crippen LogP contribution in [0.2, 0.25) is 0 Å². The number of hydrogen-bond acceptors (Lipinski definition) is 5. The Hall–Kier alpha value is -2.71. The maximum atomic E-state index is 12.8. The zero-order valence-corrected chi connectivity index (χ0v) is 17.0. The lowest BCUT2D eigenvalue weighted by Crippen LogP contribution is -2.53. The summed E-state index contributed by atoms with van der Waals surface area (Å²) >= 11 is 0. The molecule has 0 spiro atoms. The fourth-order valence-corrected chi connectivity index (χ4v) is 5.09. The molecule has 2 fully saturated rings. The zero-order chi connectivity index (χ0) is 20.6. The molecule has 8 heteroatoms. The molecule has 3 heterocycles. The van der Waals surface area contributed by atoms with E-state index < -0.39 is 0 Å². The fourth-order valence-electron chi connectivity index (χ4n) is 5.09. The van der Waals surface area contributed by atoms with E-state index in [4.69, 9.17) is 4.74 Å². The summed E-state index contributed by atoms with van der Waals surface area (Å²) in [5, 5.41) is 8.05. The number of fused-ring (bicyclic) bond motifs is 3. The van der Waals surface area contributed by atoms with Crippen LogP contribution in [0.15, 0.2) is 35.1 Å². The predicted molar refractivity (Wildman–Crippen MR) is 114 cm³/mol. The molecule has 3 aromatic rings. The summed E-state index contributed by atoms with van der Waals surface area (Å²) in [6.07, 6.45) is 5.80. The second-order valence-electron chi connectivity index (χ2n) is 8.33. The Balaban J connectivity index is 1.31. The summed E-state index contributed by atoms with van der Waals surface area (Å²) in [6.45, 7) is 4.14. The number of hydrogen-bond donors (Lipinski definition) is 2. The Morgan fingerprint density at radius 2 is 1.97 bits per heavy atom. The number of H-pyrrole nitrogens is 1. The first-order chi connectivity index (χ1) is 14.7. The van der Waals surface area contributed by atoms with Gasteiger partial charge in [0.2, 0.25) is 0 Å². The summed E-state index contributed by atoms with van der Waals surface area (Å²) in [5.74, 6) is -0.209. The molecule has 2 aliphatic rings. The number of carbonyl (C=O) groups excluding carboxylic acids is 1. The molecule has 1 aliphatic heterocycles. The average molecular weight is 409 g/mol. The highest BCUT2D eigenvalue weighted by Gasteiger charge is 2.39. The molecular weight excluding hydrogens is 382 g/mol. The zero-order valence-electron chi connectivity index (χ0n) is 17.0. The number of amides is 1. The predicted octanol–water partition coefficient (Wildman–Crippen LogP) is 1.94. The highest BCUT2D eigenvalue weighted by Crippen LogP contribution is 2.38. The van der Waals surface area contributed by atoms with Gasteiger partial charge in [0.25, 0.3) is 11.5 Å². The van der Waals surface area contributed by atoms with Crippen molar-refractivity contribution < 1.29 is 9.53 Å². The van der Waals surface area contributed by atoms with Gasteiger partial charge < -0.3 is 15.0 Å². The number of carbonyl (C=O) groups is 1. The van der Waals surface area contributed by atoms with Crippen molar-refractivity contribution in [2.45, 2.75) is 37.6 Å². The molecule has 1 aromatic carbocycles. The van der Waals surface area contributed by atoms with E-state index in [-0.39, 0.29) is 17.0 Å². The van der Waals surface area contributed by atoms with Gasteiger partial charge in [0, 0.05) is 31.2 Å². The van der Waals surface area contributed by atoms with Crippen LogP contribution in [0.25, 0.3) is 16.6 Å². The molecule has 8 nitrogen and oxygen atoms in total. The molecule has 2 N–H and O–H groups in total. The Morgan fingerprint density at radius 1 is 1.20 bits per heavy atom. The van der Waals surface area contributed by atoms with Crippen LogP contribution >= 0.6 is 0 Å². The first-order valence-corrected chi connectivity index (χ1v) is 10.8. The first kappa shape index (κ1) is 19.3. The van der Waals surface area contributed by atoms with E-state index in [1.165, 1.54) is 25.7 Å². The van der Waals surface area contributed by atoms with Crippen LogP contribution in [-0.2, 0) is 4.74 Å². The second kappa shape index (κ2) is 7.85. The second-order valence-corrected chi connectivity index (χ2v) is 8.33. The number of aromatic nitrogens is 3. The lowest BCUT2D eigenvalue weighted by Gasteiger charge is -2.43. The van der Waals surface area contributed by atoms with Crippen molar-refractivity contribution >= 4 is 22.5 Å². The Kier molecular flexibility index (Phi) is 5.04. The minimum atomic E-state index is -0.209. The maximum absolute atomic E-state index is 12.8. The number of aromatic amines is 1. The molecule has 1 saturated heterocycles. The van der Waals surface area contributed by atoms with Crippen LogP contribution in [0.5, 0.6) is 0 Å². The SMILES string of the molecule is O=C(NCCC1(N2CCOCC2)CCCC1)c1cc2[nH]c(=O)c3ccccc3n2n1. The smallest absolute Gasteiger partial charge is 0.271 e. The van der Waals surface area contributed by atoms with Crippen LogP contribution in [0.3, 0.4) is 0 Å². The highest BCUT2D eigenvalue weighted by molar-refractivity contribution is 5.94. The molecule has 1 aliphatic carbocycles. The molecule has 2 aromatic heterocycles. The number of nitrogens with zero attached hydrogens (tertiary/aromatic N) is 3. The summed E-state index contributed by atoms with van der Waals surface area (Å²) < 4.78 is 7.15. The Morgan fingerprint density at radius 3 is 2.77 bits per heavy atom. The lowest BCUT2D eigenvalue weighted by molar-refractivity contribution is -0.0237. The number of morpholine rings is 1. The summed E-state index contributed by atoms with van der Waals surface area (Å²) in [4.78, 5) is 30.4. The van der Waals surface area contributed by atoms with Gasteiger partial charge in [-0.15, -0.1) is 0 Å². The van der Waals surface area contributed by atoms with Gasteiger partial charge in [-0.3, -0.25) is 14.5 Å². The van der Waals surface area contributed by atoms with Gasteiger partial charge in [-0.2, -0.15) is 5.10 Å². The fraction of sp³-hybridized carbons (Fsp3) is 0.500. The van der Waals surface area contributed by atoms with E-state index in [1.54, 1.807) is 16.6 Å². The minimum Gasteiger partial charge on any atom is -0.379 e.